The van der Waals surface area contributed by atoms with Crippen LogP contribution in [0.4, 0.5) is 4.79 Å². The Morgan fingerprint density at radius 3 is 2.42 bits per heavy atom. The van der Waals surface area contributed by atoms with Gasteiger partial charge >= 0.3 is 6.16 Å². The highest BCUT2D eigenvalue weighted by atomic mass is 16.7. The lowest BCUT2D eigenvalue weighted by molar-refractivity contribution is 0.00767. The van der Waals surface area contributed by atoms with Crippen LogP contribution in [0.5, 0.6) is 0 Å². The molecule has 0 radical (unpaired) electrons. The second kappa shape index (κ2) is 5.83. The third-order valence-corrected chi connectivity index (χ3v) is 1.53. The van der Waals surface area contributed by atoms with Crippen LogP contribution >= 0.6 is 0 Å². The van der Waals surface area contributed by atoms with E-state index < -0.39 is 6.16 Å². The molecule has 0 heterocycles. The van der Waals surface area contributed by atoms with Gasteiger partial charge in [0.05, 0.1) is 6.61 Å². The molecule has 0 aromatic rings. The summed E-state index contributed by atoms with van der Waals surface area (Å²) >= 11 is 0. The van der Waals surface area contributed by atoms with Crippen LogP contribution < -0.4 is 0 Å². The van der Waals surface area contributed by atoms with Gasteiger partial charge in [0, 0.05) is 0 Å². The summed E-state index contributed by atoms with van der Waals surface area (Å²) in [5, 5.41) is 8.33. The molecule has 1 atom stereocenters. The van der Waals surface area contributed by atoms with Gasteiger partial charge in [-0.25, -0.2) is 4.79 Å². The molecule has 1 N–H and O–H groups in total. The number of aliphatic hydroxyl groups excluding tert-OH is 1. The van der Waals surface area contributed by atoms with Gasteiger partial charge in [-0.05, 0) is 12.8 Å². The molecular weight excluding hydrogens is 160 g/mol. The molecule has 0 saturated heterocycles. The van der Waals surface area contributed by atoms with E-state index in [4.69, 9.17) is 9.84 Å². The highest BCUT2D eigenvalue weighted by Gasteiger charge is 2.13. The number of carbonyl (C=O) groups is 1. The summed E-state index contributed by atoms with van der Waals surface area (Å²) in [5.74, 6) is 0.270. The summed E-state index contributed by atoms with van der Waals surface area (Å²) in [6.45, 7) is 5.51. The van der Waals surface area contributed by atoms with Gasteiger partial charge in [-0.2, -0.15) is 0 Å². The normalized spacial score (nSPS) is 12.8. The number of carbonyl (C=O) groups excluding carboxylic acids is 1. The Kier molecular flexibility index (Phi) is 5.45. The SMILES string of the molecule is CC(C)[C@H](C)OC(=O)OCCO. The molecule has 4 heteroatoms. The van der Waals surface area contributed by atoms with Crippen molar-refractivity contribution in [2.75, 3.05) is 13.2 Å². The van der Waals surface area contributed by atoms with E-state index in [9.17, 15) is 4.79 Å². The van der Waals surface area contributed by atoms with Crippen LogP contribution in [0.25, 0.3) is 0 Å². The predicted molar refractivity (Wildman–Crippen MR) is 43.8 cm³/mol. The van der Waals surface area contributed by atoms with E-state index in [-0.39, 0.29) is 25.2 Å². The molecule has 0 aromatic heterocycles. The van der Waals surface area contributed by atoms with E-state index in [1.54, 1.807) is 6.92 Å². The summed E-state index contributed by atoms with van der Waals surface area (Å²) in [4.78, 5) is 10.8. The highest BCUT2D eigenvalue weighted by Crippen LogP contribution is 2.05. The van der Waals surface area contributed by atoms with Crippen LogP contribution in [0.2, 0.25) is 0 Å². The van der Waals surface area contributed by atoms with Crippen molar-refractivity contribution in [3.63, 3.8) is 0 Å². The lowest BCUT2D eigenvalue weighted by Crippen LogP contribution is -2.21. The van der Waals surface area contributed by atoms with Crippen molar-refractivity contribution >= 4 is 6.16 Å². The van der Waals surface area contributed by atoms with E-state index in [0.717, 1.165) is 0 Å². The molecule has 0 aliphatic rings. The molecule has 0 aliphatic heterocycles. The lowest BCUT2D eigenvalue weighted by atomic mass is 10.1. The molecule has 0 spiro atoms. The molecule has 0 bridgehead atoms. The van der Waals surface area contributed by atoms with Crippen molar-refractivity contribution in [2.24, 2.45) is 5.92 Å². The van der Waals surface area contributed by atoms with E-state index in [1.165, 1.54) is 0 Å². The number of aliphatic hydroxyl groups is 1. The summed E-state index contributed by atoms with van der Waals surface area (Å²) in [7, 11) is 0. The van der Waals surface area contributed by atoms with Gasteiger partial charge in [-0.15, -0.1) is 0 Å². The van der Waals surface area contributed by atoms with Crippen molar-refractivity contribution in [3.8, 4) is 0 Å². The van der Waals surface area contributed by atoms with Crippen molar-refractivity contribution in [3.05, 3.63) is 0 Å². The highest BCUT2D eigenvalue weighted by molar-refractivity contribution is 5.60. The largest absolute Gasteiger partial charge is 0.508 e. The maximum Gasteiger partial charge on any atom is 0.508 e. The number of hydrogen-bond acceptors (Lipinski definition) is 4. The van der Waals surface area contributed by atoms with Gasteiger partial charge < -0.3 is 14.6 Å². The standard InChI is InChI=1S/C8H16O4/c1-6(2)7(3)12-8(10)11-5-4-9/h6-7,9H,4-5H2,1-3H3/t7-/m0/s1. The van der Waals surface area contributed by atoms with Gasteiger partial charge in [-0.3, -0.25) is 0 Å². The number of hydrogen-bond donors (Lipinski definition) is 1. The van der Waals surface area contributed by atoms with Gasteiger partial charge in [0.15, 0.2) is 0 Å². The topological polar surface area (TPSA) is 55.8 Å². The van der Waals surface area contributed by atoms with Gasteiger partial charge in [-0.1, -0.05) is 13.8 Å². The molecule has 0 amide bonds. The zero-order valence-electron chi connectivity index (χ0n) is 7.74. The minimum absolute atomic E-state index is 0.0103. The fraction of sp³-hybridized carbons (Fsp3) is 0.875. The monoisotopic (exact) mass is 176 g/mol. The van der Waals surface area contributed by atoms with Crippen LogP contribution in [-0.2, 0) is 9.47 Å². The fourth-order valence-corrected chi connectivity index (χ4v) is 0.451. The van der Waals surface area contributed by atoms with Gasteiger partial charge in [0.1, 0.15) is 12.7 Å². The Hall–Kier alpha value is -0.770. The smallest absolute Gasteiger partial charge is 0.432 e. The Morgan fingerprint density at radius 2 is 2.00 bits per heavy atom. The first-order valence-electron chi connectivity index (χ1n) is 4.02. The van der Waals surface area contributed by atoms with E-state index in [2.05, 4.69) is 4.74 Å². The Balaban J connectivity index is 3.54. The third kappa shape index (κ3) is 4.96. The summed E-state index contributed by atoms with van der Waals surface area (Å²) < 4.78 is 9.34. The minimum Gasteiger partial charge on any atom is -0.432 e. The molecule has 0 unspecified atom stereocenters. The van der Waals surface area contributed by atoms with E-state index in [1.807, 2.05) is 13.8 Å². The second-order valence-corrected chi connectivity index (χ2v) is 2.89. The minimum atomic E-state index is -0.717. The molecule has 72 valence electrons. The Labute approximate surface area is 72.5 Å². The van der Waals surface area contributed by atoms with Crippen LogP contribution in [0.15, 0.2) is 0 Å². The van der Waals surface area contributed by atoms with Crippen LogP contribution in [0.1, 0.15) is 20.8 Å². The Bertz CT molecular complexity index is 133. The molecule has 4 nitrogen and oxygen atoms in total. The summed E-state index contributed by atoms with van der Waals surface area (Å²) in [5.41, 5.74) is 0. The van der Waals surface area contributed by atoms with Crippen molar-refractivity contribution in [2.45, 2.75) is 26.9 Å². The molecule has 0 saturated carbocycles. The molecule has 0 aromatic carbocycles. The zero-order chi connectivity index (χ0) is 9.56. The molecule has 12 heavy (non-hydrogen) atoms. The number of ether oxygens (including phenoxy) is 2. The second-order valence-electron chi connectivity index (χ2n) is 2.89. The van der Waals surface area contributed by atoms with E-state index in [0.29, 0.717) is 0 Å². The maximum absolute atomic E-state index is 10.8. The van der Waals surface area contributed by atoms with Gasteiger partial charge in [0.2, 0.25) is 0 Å². The molecule has 0 rings (SSSR count). The fourth-order valence-electron chi connectivity index (χ4n) is 0.451. The average molecular weight is 176 g/mol. The van der Waals surface area contributed by atoms with Crippen LogP contribution in [-0.4, -0.2) is 30.6 Å². The van der Waals surface area contributed by atoms with Crippen LogP contribution in [0.3, 0.4) is 0 Å². The summed E-state index contributed by atoms with van der Waals surface area (Å²) in [6, 6.07) is 0. The maximum atomic E-state index is 10.8. The quantitative estimate of drug-likeness (QED) is 0.653. The first-order chi connectivity index (χ1) is 5.57. The zero-order valence-corrected chi connectivity index (χ0v) is 7.74. The average Bonchev–Trinajstić information content (AvgIpc) is 2.00. The molecule has 0 aliphatic carbocycles. The first-order valence-corrected chi connectivity index (χ1v) is 4.02. The molecular formula is C8H16O4. The van der Waals surface area contributed by atoms with Crippen molar-refractivity contribution in [1.29, 1.82) is 0 Å². The van der Waals surface area contributed by atoms with Crippen molar-refractivity contribution in [1.82, 2.24) is 0 Å². The predicted octanol–water partition coefficient (Wildman–Crippen LogP) is 1.18. The summed E-state index contributed by atoms with van der Waals surface area (Å²) in [6.07, 6.45) is -0.874. The van der Waals surface area contributed by atoms with Gasteiger partial charge in [0.25, 0.3) is 0 Å². The van der Waals surface area contributed by atoms with Crippen molar-refractivity contribution < 1.29 is 19.4 Å². The third-order valence-electron chi connectivity index (χ3n) is 1.53. The first kappa shape index (κ1) is 11.2. The molecule has 0 fully saturated rings. The lowest BCUT2D eigenvalue weighted by Gasteiger charge is -2.15. The van der Waals surface area contributed by atoms with Crippen LogP contribution in [0, 0.1) is 5.92 Å². The number of rotatable bonds is 4. The van der Waals surface area contributed by atoms with E-state index >= 15 is 0 Å². The Morgan fingerprint density at radius 1 is 1.42 bits per heavy atom.